The van der Waals surface area contributed by atoms with Crippen molar-refractivity contribution in [2.45, 2.75) is 51.0 Å². The van der Waals surface area contributed by atoms with Gasteiger partial charge in [0.2, 0.25) is 11.8 Å². The number of unbranched alkanes of at least 4 members (excludes halogenated alkanes) is 1. The second-order valence-corrected chi connectivity index (χ2v) is 8.51. The normalized spacial score (nSPS) is 19.5. The Bertz CT molecular complexity index is 699. The van der Waals surface area contributed by atoms with Gasteiger partial charge in [-0.3, -0.25) is 9.59 Å². The summed E-state index contributed by atoms with van der Waals surface area (Å²) in [7, 11) is 1.35. The maximum Gasteiger partial charge on any atom is 0.341 e. The van der Waals surface area contributed by atoms with Gasteiger partial charge in [-0.2, -0.15) is 0 Å². The van der Waals surface area contributed by atoms with Gasteiger partial charge in [0.15, 0.2) is 0 Å². The Balaban J connectivity index is 1.73. The molecule has 1 unspecified atom stereocenters. The molecule has 0 aromatic carbocycles. The lowest BCUT2D eigenvalue weighted by atomic mass is 10.1. The molecule has 1 saturated carbocycles. The van der Waals surface area contributed by atoms with E-state index in [-0.39, 0.29) is 11.8 Å². The van der Waals surface area contributed by atoms with Crippen LogP contribution in [0, 0.1) is 0 Å². The van der Waals surface area contributed by atoms with Gasteiger partial charge in [-0.15, -0.1) is 23.1 Å². The Morgan fingerprint density at radius 3 is 2.77 bits per heavy atom. The molecule has 6 nitrogen and oxygen atoms in total. The number of esters is 1. The minimum atomic E-state index is -0.485. The quantitative estimate of drug-likeness (QED) is 0.715. The first-order chi connectivity index (χ1) is 12.6. The molecule has 0 radical (unpaired) electrons. The number of nitrogens with one attached hydrogen (secondary N) is 1. The van der Waals surface area contributed by atoms with Crippen LogP contribution in [0.25, 0.3) is 0 Å². The Labute approximate surface area is 161 Å². The fraction of sp³-hybridized carbons (Fsp3) is 0.611. The Morgan fingerprint density at radius 2 is 2.12 bits per heavy atom. The van der Waals surface area contributed by atoms with Crippen molar-refractivity contribution in [2.24, 2.45) is 0 Å². The SMILES string of the molecule is CCCCC(=O)N1CSCC1C(=O)Nc1scc(C2CC2)c1C(=O)OC. The number of hydrogen-bond acceptors (Lipinski definition) is 6. The van der Waals surface area contributed by atoms with Crippen molar-refractivity contribution < 1.29 is 19.1 Å². The van der Waals surface area contributed by atoms with Gasteiger partial charge in [-0.25, -0.2) is 4.79 Å². The molecule has 8 heteroatoms. The van der Waals surface area contributed by atoms with Gasteiger partial charge in [-0.1, -0.05) is 13.3 Å². The highest BCUT2D eigenvalue weighted by atomic mass is 32.2. The first kappa shape index (κ1) is 19.2. The van der Waals surface area contributed by atoms with Crippen molar-refractivity contribution in [2.75, 3.05) is 24.1 Å². The molecule has 1 aromatic rings. The third-order valence-electron chi connectivity index (χ3n) is 4.71. The molecule has 2 fully saturated rings. The van der Waals surface area contributed by atoms with E-state index in [1.807, 2.05) is 12.3 Å². The van der Waals surface area contributed by atoms with E-state index in [4.69, 9.17) is 4.74 Å². The molecular weight excluding hydrogens is 372 g/mol. The molecule has 142 valence electrons. The predicted molar refractivity (Wildman–Crippen MR) is 104 cm³/mol. The van der Waals surface area contributed by atoms with Crippen molar-refractivity contribution in [3.63, 3.8) is 0 Å². The number of amides is 2. The van der Waals surface area contributed by atoms with E-state index in [1.54, 1.807) is 16.7 Å². The van der Waals surface area contributed by atoms with E-state index < -0.39 is 12.0 Å². The summed E-state index contributed by atoms with van der Waals surface area (Å²) in [5, 5.41) is 5.35. The van der Waals surface area contributed by atoms with Crippen LogP contribution in [-0.4, -0.2) is 47.5 Å². The molecule has 2 aliphatic rings. The van der Waals surface area contributed by atoms with E-state index in [0.29, 0.717) is 34.5 Å². The van der Waals surface area contributed by atoms with Gasteiger partial charge in [0.05, 0.1) is 18.6 Å². The zero-order chi connectivity index (χ0) is 18.7. The van der Waals surface area contributed by atoms with E-state index in [9.17, 15) is 14.4 Å². The second kappa shape index (κ2) is 8.43. The monoisotopic (exact) mass is 396 g/mol. The highest BCUT2D eigenvalue weighted by Crippen LogP contribution is 2.46. The van der Waals surface area contributed by atoms with Crippen molar-refractivity contribution in [1.29, 1.82) is 0 Å². The van der Waals surface area contributed by atoms with Crippen molar-refractivity contribution in [3.8, 4) is 0 Å². The van der Waals surface area contributed by atoms with Crippen LogP contribution in [0.15, 0.2) is 5.38 Å². The van der Waals surface area contributed by atoms with Crippen LogP contribution < -0.4 is 5.32 Å². The topological polar surface area (TPSA) is 75.7 Å². The summed E-state index contributed by atoms with van der Waals surface area (Å²) in [4.78, 5) is 39.0. The molecule has 0 bridgehead atoms. The number of anilines is 1. The van der Waals surface area contributed by atoms with Crippen LogP contribution in [0.3, 0.4) is 0 Å². The molecule has 0 spiro atoms. The summed E-state index contributed by atoms with van der Waals surface area (Å²) in [6, 6.07) is -0.485. The van der Waals surface area contributed by atoms with E-state index in [0.717, 1.165) is 31.2 Å². The number of thioether (sulfide) groups is 1. The minimum absolute atomic E-state index is 0.0232. The average Bonchev–Trinajstić information content (AvgIpc) is 3.21. The number of carbonyl (C=O) groups is 3. The number of hydrogen-bond donors (Lipinski definition) is 1. The largest absolute Gasteiger partial charge is 0.465 e. The third-order valence-corrected chi connectivity index (χ3v) is 6.64. The van der Waals surface area contributed by atoms with Crippen LogP contribution in [0.1, 0.15) is 60.9 Å². The van der Waals surface area contributed by atoms with Gasteiger partial charge < -0.3 is 15.0 Å². The molecule has 26 heavy (non-hydrogen) atoms. The van der Waals surface area contributed by atoms with E-state index >= 15 is 0 Å². The molecular formula is C18H24N2O4S2. The lowest BCUT2D eigenvalue weighted by Crippen LogP contribution is -2.44. The maximum absolute atomic E-state index is 12.8. The highest BCUT2D eigenvalue weighted by Gasteiger charge is 2.36. The predicted octanol–water partition coefficient (Wildman–Crippen LogP) is 3.44. The van der Waals surface area contributed by atoms with Gasteiger partial charge in [-0.05, 0) is 36.1 Å². The van der Waals surface area contributed by atoms with Gasteiger partial charge in [0.1, 0.15) is 11.0 Å². The summed E-state index contributed by atoms with van der Waals surface area (Å²) in [6.07, 6.45) is 4.38. The van der Waals surface area contributed by atoms with Crippen LogP contribution in [0.5, 0.6) is 0 Å². The molecule has 3 rings (SSSR count). The first-order valence-electron chi connectivity index (χ1n) is 8.94. The van der Waals surface area contributed by atoms with Crippen molar-refractivity contribution in [1.82, 2.24) is 4.90 Å². The molecule has 1 aliphatic heterocycles. The average molecular weight is 397 g/mol. The maximum atomic E-state index is 12.8. The molecule has 1 aromatic heterocycles. The van der Waals surface area contributed by atoms with Crippen LogP contribution in [-0.2, 0) is 14.3 Å². The van der Waals surface area contributed by atoms with Crippen molar-refractivity contribution in [3.05, 3.63) is 16.5 Å². The Kier molecular flexibility index (Phi) is 6.24. The second-order valence-electron chi connectivity index (χ2n) is 6.63. The summed E-state index contributed by atoms with van der Waals surface area (Å²) in [5.41, 5.74) is 1.44. The lowest BCUT2D eigenvalue weighted by molar-refractivity contribution is -0.136. The van der Waals surface area contributed by atoms with E-state index in [1.165, 1.54) is 18.4 Å². The number of thiophene rings is 1. The van der Waals surface area contributed by atoms with Crippen LogP contribution in [0.2, 0.25) is 0 Å². The molecule has 1 N–H and O–H groups in total. The highest BCUT2D eigenvalue weighted by molar-refractivity contribution is 7.99. The molecule has 2 amide bonds. The zero-order valence-electron chi connectivity index (χ0n) is 15.1. The summed E-state index contributed by atoms with van der Waals surface area (Å²) >= 11 is 2.94. The van der Waals surface area contributed by atoms with E-state index in [2.05, 4.69) is 5.32 Å². The standard InChI is InChI=1S/C18H24N2O4S2/c1-3-4-5-14(21)20-10-25-9-13(20)16(22)19-17-15(18(23)24-2)12(8-26-17)11-6-7-11/h8,11,13H,3-7,9-10H2,1-2H3,(H,19,22). The fourth-order valence-electron chi connectivity index (χ4n) is 3.04. The van der Waals surface area contributed by atoms with Crippen LogP contribution >= 0.6 is 23.1 Å². The third kappa shape index (κ3) is 4.06. The molecule has 1 aliphatic carbocycles. The fourth-order valence-corrected chi connectivity index (χ4v) is 5.26. The zero-order valence-corrected chi connectivity index (χ0v) is 16.7. The summed E-state index contributed by atoms with van der Waals surface area (Å²) in [5.74, 6) is 0.893. The molecule has 2 heterocycles. The number of rotatable bonds is 7. The van der Waals surface area contributed by atoms with Gasteiger partial charge in [0.25, 0.3) is 0 Å². The Hall–Kier alpha value is -1.54. The minimum Gasteiger partial charge on any atom is -0.465 e. The number of carbonyl (C=O) groups excluding carboxylic acids is 3. The van der Waals surface area contributed by atoms with Gasteiger partial charge in [0, 0.05) is 12.2 Å². The summed E-state index contributed by atoms with van der Waals surface area (Å²) in [6.45, 7) is 2.04. The molecule has 1 atom stereocenters. The Morgan fingerprint density at radius 1 is 1.35 bits per heavy atom. The first-order valence-corrected chi connectivity index (χ1v) is 11.0. The van der Waals surface area contributed by atoms with Crippen LogP contribution in [0.4, 0.5) is 5.00 Å². The van der Waals surface area contributed by atoms with Crippen molar-refractivity contribution >= 4 is 45.9 Å². The molecule has 1 saturated heterocycles. The summed E-state index contributed by atoms with van der Waals surface area (Å²) < 4.78 is 4.91. The van der Waals surface area contributed by atoms with Gasteiger partial charge >= 0.3 is 5.97 Å². The number of nitrogens with zero attached hydrogens (tertiary/aromatic N) is 1. The smallest absolute Gasteiger partial charge is 0.341 e. The number of ether oxygens (including phenoxy) is 1. The lowest BCUT2D eigenvalue weighted by Gasteiger charge is -2.23. The number of methoxy groups -OCH3 is 1.